The average molecular weight is 427 g/mol. The van der Waals surface area contributed by atoms with Crippen LogP contribution >= 0.6 is 0 Å². The predicted molar refractivity (Wildman–Crippen MR) is 122 cm³/mol. The van der Waals surface area contributed by atoms with Crippen molar-refractivity contribution in [3.05, 3.63) is 59.7 Å². The molecule has 6 heteroatoms. The molecule has 0 aliphatic rings. The number of rotatable bonds is 11. The van der Waals surface area contributed by atoms with E-state index < -0.39 is 6.04 Å². The first-order valence-corrected chi connectivity index (χ1v) is 10.7. The minimum atomic E-state index is -0.576. The zero-order chi connectivity index (χ0) is 22.8. The number of carbonyl (C=O) groups excluding carboxylic acids is 2. The van der Waals surface area contributed by atoms with Crippen LogP contribution in [0.15, 0.2) is 48.5 Å². The molecule has 0 aliphatic heterocycles. The van der Waals surface area contributed by atoms with Gasteiger partial charge in [0.1, 0.15) is 6.04 Å². The van der Waals surface area contributed by atoms with Gasteiger partial charge in [-0.1, -0.05) is 62.7 Å². The maximum Gasteiger partial charge on any atom is 0.261 e. The Labute approximate surface area is 185 Å². The van der Waals surface area contributed by atoms with Gasteiger partial charge in [0.25, 0.3) is 5.91 Å². The summed E-state index contributed by atoms with van der Waals surface area (Å²) in [6.07, 6.45) is 0.510. The van der Waals surface area contributed by atoms with Crippen molar-refractivity contribution in [1.29, 1.82) is 0 Å². The van der Waals surface area contributed by atoms with Gasteiger partial charge in [0.2, 0.25) is 5.91 Å². The van der Waals surface area contributed by atoms with E-state index in [4.69, 9.17) is 9.47 Å². The van der Waals surface area contributed by atoms with Crippen LogP contribution in [-0.4, -0.2) is 43.0 Å². The quantitative estimate of drug-likeness (QED) is 0.591. The number of ether oxygens (including phenoxy) is 2. The Balaban J connectivity index is 2.22. The molecule has 1 atom stereocenters. The van der Waals surface area contributed by atoms with Crippen LogP contribution in [0.5, 0.6) is 11.5 Å². The zero-order valence-corrected chi connectivity index (χ0v) is 19.2. The van der Waals surface area contributed by atoms with Gasteiger partial charge in [0.05, 0.1) is 7.11 Å². The second-order valence-electron chi connectivity index (χ2n) is 8.01. The fourth-order valence-corrected chi connectivity index (χ4v) is 3.31. The van der Waals surface area contributed by atoms with E-state index in [0.717, 1.165) is 11.1 Å². The molecule has 0 heterocycles. The van der Waals surface area contributed by atoms with E-state index in [1.165, 1.54) is 0 Å². The topological polar surface area (TPSA) is 67.9 Å². The number of aryl methyl sites for hydroxylation is 1. The van der Waals surface area contributed by atoms with Gasteiger partial charge in [-0.15, -0.1) is 0 Å². The molecule has 31 heavy (non-hydrogen) atoms. The van der Waals surface area contributed by atoms with Gasteiger partial charge in [-0.05, 0) is 37.0 Å². The zero-order valence-electron chi connectivity index (χ0n) is 19.2. The molecule has 0 spiro atoms. The molecule has 2 amide bonds. The van der Waals surface area contributed by atoms with Crippen molar-refractivity contribution in [3.63, 3.8) is 0 Å². The van der Waals surface area contributed by atoms with Crippen LogP contribution < -0.4 is 14.8 Å². The van der Waals surface area contributed by atoms with Crippen molar-refractivity contribution in [2.24, 2.45) is 5.92 Å². The summed E-state index contributed by atoms with van der Waals surface area (Å²) in [7, 11) is 1.56. The standard InChI is InChI=1S/C25H34N2O4/c1-6-21(25(29)26-15-18(2)3)27(16-20-11-9-10-19(4)14-20)24(28)17-31-23-13-8-7-12-22(23)30-5/h7-14,18,21H,6,15-17H2,1-5H3,(H,26,29). The Morgan fingerprint density at radius 1 is 1.06 bits per heavy atom. The SMILES string of the molecule is CCC(C(=O)NCC(C)C)N(Cc1cccc(C)c1)C(=O)COc1ccccc1OC. The lowest BCUT2D eigenvalue weighted by Gasteiger charge is -2.31. The van der Waals surface area contributed by atoms with E-state index in [1.54, 1.807) is 24.1 Å². The molecule has 0 aliphatic carbocycles. The fourth-order valence-electron chi connectivity index (χ4n) is 3.31. The highest BCUT2D eigenvalue weighted by atomic mass is 16.5. The van der Waals surface area contributed by atoms with Crippen LogP contribution in [0.3, 0.4) is 0 Å². The van der Waals surface area contributed by atoms with Crippen molar-refractivity contribution < 1.29 is 19.1 Å². The van der Waals surface area contributed by atoms with Crippen molar-refractivity contribution in [1.82, 2.24) is 10.2 Å². The fraction of sp³-hybridized carbons (Fsp3) is 0.440. The third-order valence-electron chi connectivity index (χ3n) is 4.93. The summed E-state index contributed by atoms with van der Waals surface area (Å²) in [4.78, 5) is 27.7. The Hall–Kier alpha value is -3.02. The molecule has 0 bridgehead atoms. The Kier molecular flexibility index (Phi) is 9.38. The molecule has 2 aromatic carbocycles. The predicted octanol–water partition coefficient (Wildman–Crippen LogP) is 3.96. The number of nitrogens with zero attached hydrogens (tertiary/aromatic N) is 1. The largest absolute Gasteiger partial charge is 0.493 e. The lowest BCUT2D eigenvalue weighted by atomic mass is 10.1. The van der Waals surface area contributed by atoms with Crippen molar-refractivity contribution in [2.45, 2.75) is 46.7 Å². The molecule has 1 unspecified atom stereocenters. The molecular weight excluding hydrogens is 392 g/mol. The molecule has 2 aromatic rings. The highest BCUT2D eigenvalue weighted by Gasteiger charge is 2.29. The summed E-state index contributed by atoms with van der Waals surface area (Å²) >= 11 is 0. The minimum Gasteiger partial charge on any atom is -0.493 e. The molecule has 6 nitrogen and oxygen atoms in total. The number of nitrogens with one attached hydrogen (secondary N) is 1. The van der Waals surface area contributed by atoms with Crippen LogP contribution in [0, 0.1) is 12.8 Å². The number of methoxy groups -OCH3 is 1. The highest BCUT2D eigenvalue weighted by molar-refractivity contribution is 5.88. The normalized spacial score (nSPS) is 11.7. The monoisotopic (exact) mass is 426 g/mol. The lowest BCUT2D eigenvalue weighted by molar-refractivity contribution is -0.143. The van der Waals surface area contributed by atoms with Gasteiger partial charge < -0.3 is 19.7 Å². The van der Waals surface area contributed by atoms with E-state index >= 15 is 0 Å². The summed E-state index contributed by atoms with van der Waals surface area (Å²) in [5.41, 5.74) is 2.08. The molecule has 0 aromatic heterocycles. The van der Waals surface area contributed by atoms with E-state index in [2.05, 4.69) is 5.32 Å². The van der Waals surface area contributed by atoms with Gasteiger partial charge in [-0.2, -0.15) is 0 Å². The van der Waals surface area contributed by atoms with E-state index in [9.17, 15) is 9.59 Å². The van der Waals surface area contributed by atoms with Gasteiger partial charge in [0.15, 0.2) is 18.1 Å². The van der Waals surface area contributed by atoms with E-state index in [0.29, 0.717) is 36.9 Å². The molecule has 0 saturated heterocycles. The molecule has 0 fully saturated rings. The molecule has 0 radical (unpaired) electrons. The first-order chi connectivity index (χ1) is 14.8. The van der Waals surface area contributed by atoms with Crippen molar-refractivity contribution in [3.8, 4) is 11.5 Å². The lowest BCUT2D eigenvalue weighted by Crippen LogP contribution is -2.50. The highest BCUT2D eigenvalue weighted by Crippen LogP contribution is 2.26. The first kappa shape index (κ1) is 24.3. The van der Waals surface area contributed by atoms with Crippen molar-refractivity contribution >= 4 is 11.8 Å². The van der Waals surface area contributed by atoms with Crippen LogP contribution in [0.1, 0.15) is 38.3 Å². The number of carbonyl (C=O) groups is 2. The number of hydrogen-bond donors (Lipinski definition) is 1. The average Bonchev–Trinajstić information content (AvgIpc) is 2.76. The molecule has 1 N–H and O–H groups in total. The van der Waals surface area contributed by atoms with Crippen LogP contribution in [0.25, 0.3) is 0 Å². The summed E-state index contributed by atoms with van der Waals surface area (Å²) < 4.78 is 11.1. The first-order valence-electron chi connectivity index (χ1n) is 10.7. The number of hydrogen-bond acceptors (Lipinski definition) is 4. The number of amides is 2. The van der Waals surface area contributed by atoms with Gasteiger partial charge >= 0.3 is 0 Å². The van der Waals surface area contributed by atoms with E-state index in [1.807, 2.05) is 64.1 Å². The second kappa shape index (κ2) is 12.0. The third-order valence-corrected chi connectivity index (χ3v) is 4.93. The molecule has 0 saturated carbocycles. The second-order valence-corrected chi connectivity index (χ2v) is 8.01. The van der Waals surface area contributed by atoms with Gasteiger partial charge in [-0.3, -0.25) is 9.59 Å². The third kappa shape index (κ3) is 7.31. The maximum atomic E-state index is 13.2. The van der Waals surface area contributed by atoms with Crippen LogP contribution in [-0.2, 0) is 16.1 Å². The molecule has 2 rings (SSSR count). The van der Waals surface area contributed by atoms with Gasteiger partial charge in [-0.25, -0.2) is 0 Å². The Morgan fingerprint density at radius 2 is 1.77 bits per heavy atom. The summed E-state index contributed by atoms with van der Waals surface area (Å²) in [6.45, 7) is 8.73. The van der Waals surface area contributed by atoms with Crippen LogP contribution in [0.2, 0.25) is 0 Å². The summed E-state index contributed by atoms with van der Waals surface area (Å²) in [6, 6.07) is 14.6. The molecular formula is C25H34N2O4. The number of benzene rings is 2. The van der Waals surface area contributed by atoms with Crippen LogP contribution in [0.4, 0.5) is 0 Å². The molecule has 168 valence electrons. The summed E-state index contributed by atoms with van der Waals surface area (Å²) in [5.74, 6) is 0.984. The smallest absolute Gasteiger partial charge is 0.261 e. The van der Waals surface area contributed by atoms with E-state index in [-0.39, 0.29) is 18.4 Å². The van der Waals surface area contributed by atoms with Gasteiger partial charge in [0, 0.05) is 13.1 Å². The Bertz CT molecular complexity index is 866. The Morgan fingerprint density at radius 3 is 2.39 bits per heavy atom. The summed E-state index contributed by atoms with van der Waals surface area (Å²) in [5, 5.41) is 2.96. The minimum absolute atomic E-state index is 0.144. The van der Waals surface area contributed by atoms with Crippen molar-refractivity contribution in [2.75, 3.05) is 20.3 Å². The maximum absolute atomic E-state index is 13.2. The number of para-hydroxylation sites is 2.